The Labute approximate surface area is 91.6 Å². The van der Waals surface area contributed by atoms with E-state index in [0.29, 0.717) is 6.04 Å². The van der Waals surface area contributed by atoms with Crippen molar-refractivity contribution >= 4 is 5.91 Å². The fourth-order valence-corrected chi connectivity index (χ4v) is 1.98. The number of piperazine rings is 1. The van der Waals surface area contributed by atoms with Crippen molar-refractivity contribution < 1.29 is 4.79 Å². The number of carbonyl (C=O) groups is 1. The third-order valence-corrected chi connectivity index (χ3v) is 3.25. The molecule has 0 bridgehead atoms. The van der Waals surface area contributed by atoms with Crippen LogP contribution in [0.5, 0.6) is 0 Å². The van der Waals surface area contributed by atoms with Gasteiger partial charge in [-0.1, -0.05) is 0 Å². The van der Waals surface area contributed by atoms with Crippen LogP contribution in [-0.4, -0.2) is 61.0 Å². The van der Waals surface area contributed by atoms with Crippen LogP contribution in [-0.2, 0) is 4.79 Å². The first-order valence-corrected chi connectivity index (χ1v) is 5.90. The third-order valence-electron chi connectivity index (χ3n) is 3.25. The molecular weight excluding hydrogens is 190 g/mol. The number of carbonyl (C=O) groups excluding carboxylic acids is 1. The molecule has 0 aromatic carbocycles. The summed E-state index contributed by atoms with van der Waals surface area (Å²) in [6.45, 7) is 5.75. The Morgan fingerprint density at radius 3 is 2.40 bits per heavy atom. The van der Waals surface area contributed by atoms with E-state index in [2.05, 4.69) is 17.3 Å². The van der Waals surface area contributed by atoms with Crippen LogP contribution in [0.15, 0.2) is 0 Å². The van der Waals surface area contributed by atoms with E-state index in [9.17, 15) is 4.79 Å². The molecule has 2 aliphatic rings. The lowest BCUT2D eigenvalue weighted by atomic mass is 10.2. The average molecular weight is 211 g/mol. The van der Waals surface area contributed by atoms with Crippen molar-refractivity contribution in [3.63, 3.8) is 0 Å². The van der Waals surface area contributed by atoms with Crippen LogP contribution in [0.1, 0.15) is 19.8 Å². The van der Waals surface area contributed by atoms with Gasteiger partial charge in [0, 0.05) is 32.2 Å². The minimum atomic E-state index is 0.000839. The van der Waals surface area contributed by atoms with Crippen molar-refractivity contribution in [3.05, 3.63) is 0 Å². The number of nitrogens with zero attached hydrogens (tertiary/aromatic N) is 2. The van der Waals surface area contributed by atoms with Gasteiger partial charge in [-0.2, -0.15) is 0 Å². The van der Waals surface area contributed by atoms with Crippen LogP contribution >= 0.6 is 0 Å². The Balaban J connectivity index is 1.78. The summed E-state index contributed by atoms with van der Waals surface area (Å²) >= 11 is 0. The SMILES string of the molecule is C[C@H](NC1CC1)C(=O)N1CCN(C)CC1. The molecule has 4 nitrogen and oxygen atoms in total. The normalized spacial score (nSPS) is 25.3. The van der Waals surface area contributed by atoms with Gasteiger partial charge in [0.15, 0.2) is 0 Å². The van der Waals surface area contributed by atoms with Gasteiger partial charge in [-0.05, 0) is 26.8 Å². The van der Waals surface area contributed by atoms with Gasteiger partial charge in [0.1, 0.15) is 0 Å². The molecule has 1 saturated heterocycles. The van der Waals surface area contributed by atoms with Crippen molar-refractivity contribution in [1.82, 2.24) is 15.1 Å². The summed E-state index contributed by atoms with van der Waals surface area (Å²) in [6, 6.07) is 0.609. The molecule has 2 fully saturated rings. The van der Waals surface area contributed by atoms with Crippen molar-refractivity contribution in [2.45, 2.75) is 31.8 Å². The molecule has 86 valence electrons. The zero-order valence-electron chi connectivity index (χ0n) is 9.70. The van der Waals surface area contributed by atoms with Crippen LogP contribution in [0.4, 0.5) is 0 Å². The first-order chi connectivity index (χ1) is 7.16. The predicted octanol–water partition coefficient (Wildman–Crippen LogP) is -0.0991. The number of amides is 1. The zero-order chi connectivity index (χ0) is 10.8. The van der Waals surface area contributed by atoms with E-state index < -0.39 is 0 Å². The van der Waals surface area contributed by atoms with Crippen molar-refractivity contribution in [2.24, 2.45) is 0 Å². The smallest absolute Gasteiger partial charge is 0.239 e. The minimum absolute atomic E-state index is 0.000839. The van der Waals surface area contributed by atoms with Crippen LogP contribution in [0.25, 0.3) is 0 Å². The third kappa shape index (κ3) is 2.92. The molecule has 0 spiro atoms. The highest BCUT2D eigenvalue weighted by Gasteiger charge is 2.28. The lowest BCUT2D eigenvalue weighted by Crippen LogP contribution is -2.52. The van der Waals surface area contributed by atoms with Gasteiger partial charge in [-0.3, -0.25) is 4.79 Å². The molecule has 0 radical (unpaired) electrons. The maximum Gasteiger partial charge on any atom is 0.239 e. The Morgan fingerprint density at radius 2 is 1.87 bits per heavy atom. The summed E-state index contributed by atoms with van der Waals surface area (Å²) in [5.74, 6) is 0.273. The van der Waals surface area contributed by atoms with Gasteiger partial charge in [0.05, 0.1) is 6.04 Å². The molecular formula is C11H21N3O. The first kappa shape index (κ1) is 10.9. The number of rotatable bonds is 3. The van der Waals surface area contributed by atoms with E-state index in [1.807, 2.05) is 11.8 Å². The van der Waals surface area contributed by atoms with E-state index >= 15 is 0 Å². The van der Waals surface area contributed by atoms with Gasteiger partial charge >= 0.3 is 0 Å². The van der Waals surface area contributed by atoms with Gasteiger partial charge in [0.25, 0.3) is 0 Å². The summed E-state index contributed by atoms with van der Waals surface area (Å²) in [5, 5.41) is 3.36. The molecule has 1 aliphatic heterocycles. The molecule has 4 heteroatoms. The van der Waals surface area contributed by atoms with Crippen LogP contribution < -0.4 is 5.32 Å². The van der Waals surface area contributed by atoms with Crippen LogP contribution in [0.3, 0.4) is 0 Å². The summed E-state index contributed by atoms with van der Waals surface area (Å²) in [4.78, 5) is 16.3. The maximum absolute atomic E-state index is 12.0. The highest BCUT2D eigenvalue weighted by atomic mass is 16.2. The Hall–Kier alpha value is -0.610. The fourth-order valence-electron chi connectivity index (χ4n) is 1.98. The molecule has 15 heavy (non-hydrogen) atoms. The van der Waals surface area contributed by atoms with Crippen molar-refractivity contribution in [2.75, 3.05) is 33.2 Å². The number of nitrogens with one attached hydrogen (secondary N) is 1. The lowest BCUT2D eigenvalue weighted by molar-refractivity contribution is -0.134. The number of hydrogen-bond donors (Lipinski definition) is 1. The van der Waals surface area contributed by atoms with E-state index in [1.54, 1.807) is 0 Å². The molecule has 1 aliphatic carbocycles. The minimum Gasteiger partial charge on any atom is -0.339 e. The summed E-state index contributed by atoms with van der Waals surface area (Å²) in [6.07, 6.45) is 2.47. The summed E-state index contributed by atoms with van der Waals surface area (Å²) < 4.78 is 0. The quantitative estimate of drug-likeness (QED) is 0.708. The highest BCUT2D eigenvalue weighted by molar-refractivity contribution is 5.81. The standard InChI is InChI=1S/C11H21N3O/c1-9(12-10-3-4-10)11(15)14-7-5-13(2)6-8-14/h9-10,12H,3-8H2,1-2H3/t9-/m0/s1. The lowest BCUT2D eigenvalue weighted by Gasteiger charge is -2.34. The van der Waals surface area contributed by atoms with Gasteiger partial charge in [0.2, 0.25) is 5.91 Å². The van der Waals surface area contributed by atoms with Crippen LogP contribution in [0.2, 0.25) is 0 Å². The first-order valence-electron chi connectivity index (χ1n) is 5.90. The van der Waals surface area contributed by atoms with Gasteiger partial charge in [-0.25, -0.2) is 0 Å². The molecule has 1 N–H and O–H groups in total. The molecule has 0 aromatic rings. The molecule has 1 saturated carbocycles. The Kier molecular flexibility index (Phi) is 3.26. The second-order valence-corrected chi connectivity index (χ2v) is 4.79. The largest absolute Gasteiger partial charge is 0.339 e. The second-order valence-electron chi connectivity index (χ2n) is 4.79. The maximum atomic E-state index is 12.0. The number of hydrogen-bond acceptors (Lipinski definition) is 3. The van der Waals surface area contributed by atoms with Crippen molar-refractivity contribution in [3.8, 4) is 0 Å². The van der Waals surface area contributed by atoms with E-state index in [-0.39, 0.29) is 11.9 Å². The predicted molar refractivity (Wildman–Crippen MR) is 59.7 cm³/mol. The monoisotopic (exact) mass is 211 g/mol. The van der Waals surface area contributed by atoms with E-state index in [4.69, 9.17) is 0 Å². The summed E-state index contributed by atoms with van der Waals surface area (Å²) in [7, 11) is 2.10. The second kappa shape index (κ2) is 4.49. The molecule has 1 atom stereocenters. The highest BCUT2D eigenvalue weighted by Crippen LogP contribution is 2.19. The van der Waals surface area contributed by atoms with Gasteiger partial charge in [-0.15, -0.1) is 0 Å². The van der Waals surface area contributed by atoms with Gasteiger partial charge < -0.3 is 15.1 Å². The molecule has 2 rings (SSSR count). The van der Waals surface area contributed by atoms with Crippen molar-refractivity contribution in [1.29, 1.82) is 0 Å². The average Bonchev–Trinajstić information content (AvgIpc) is 3.02. The molecule has 1 heterocycles. The zero-order valence-corrected chi connectivity index (χ0v) is 9.70. The molecule has 0 aromatic heterocycles. The van der Waals surface area contributed by atoms with Crippen LogP contribution in [0, 0.1) is 0 Å². The molecule has 0 unspecified atom stereocenters. The number of likely N-dealkylation sites (N-methyl/N-ethyl adjacent to an activating group) is 1. The molecule has 1 amide bonds. The Bertz CT molecular complexity index is 232. The van der Waals surface area contributed by atoms with E-state index in [1.165, 1.54) is 12.8 Å². The fraction of sp³-hybridized carbons (Fsp3) is 0.909. The summed E-state index contributed by atoms with van der Waals surface area (Å²) in [5.41, 5.74) is 0. The Morgan fingerprint density at radius 1 is 1.27 bits per heavy atom. The topological polar surface area (TPSA) is 35.6 Å². The van der Waals surface area contributed by atoms with E-state index in [0.717, 1.165) is 26.2 Å².